The number of aryl methyl sites for hydroxylation is 1. The third kappa shape index (κ3) is 5.55. The monoisotopic (exact) mass is 461 g/mol. The molecule has 1 heterocycles. The molecule has 3 aromatic carbocycles. The zero-order valence-corrected chi connectivity index (χ0v) is 18.9. The molecular weight excluding hydrogens is 441 g/mol. The number of benzene rings is 3. The molecule has 0 radical (unpaired) electrons. The van der Waals surface area contributed by atoms with Crippen molar-refractivity contribution in [3.05, 3.63) is 108 Å². The maximum atomic E-state index is 14.1. The van der Waals surface area contributed by atoms with Gasteiger partial charge in [-0.25, -0.2) is 14.4 Å². The Kier molecular flexibility index (Phi) is 7.19. The summed E-state index contributed by atoms with van der Waals surface area (Å²) in [6.07, 6.45) is 1.65. The molecule has 0 aliphatic heterocycles. The van der Waals surface area contributed by atoms with Crippen molar-refractivity contribution in [2.45, 2.75) is 27.6 Å². The van der Waals surface area contributed by atoms with Gasteiger partial charge < -0.3 is 5.32 Å². The number of aromatic nitrogens is 2. The summed E-state index contributed by atoms with van der Waals surface area (Å²) in [5.41, 5.74) is 2.69. The van der Waals surface area contributed by atoms with Crippen molar-refractivity contribution in [2.75, 3.05) is 5.32 Å². The Morgan fingerprint density at radius 2 is 1.69 bits per heavy atom. The number of hydrogen-bond acceptors (Lipinski definition) is 5. The Morgan fingerprint density at radius 1 is 0.969 bits per heavy atom. The first kappa shape index (κ1) is 22.0. The van der Waals surface area contributed by atoms with Gasteiger partial charge in [0.05, 0.1) is 10.6 Å². The summed E-state index contributed by atoms with van der Waals surface area (Å²) in [6.45, 7) is 2.06. The Bertz CT molecular complexity index is 1230. The second kappa shape index (κ2) is 10.4. The average Bonchev–Trinajstić information content (AvgIpc) is 2.81. The largest absolute Gasteiger partial charge is 0.318 e. The Balaban J connectivity index is 1.61. The first-order valence-electron chi connectivity index (χ1n) is 9.93. The van der Waals surface area contributed by atoms with Gasteiger partial charge in [-0.15, -0.1) is 0 Å². The summed E-state index contributed by atoms with van der Waals surface area (Å²) in [5.74, 6) is -0.290. The number of amides is 1. The standard InChI is InChI=1S/C25H20FN3OS2/c1-17-9-5-6-10-18(17)16-31-25-27-15-22(32-19-11-3-2-4-12-19)23(29-25)24(30)28-21-14-8-7-13-20(21)26/h2-15H,16H2,1H3,(H,28,30). The van der Waals surface area contributed by atoms with Crippen LogP contribution in [0.5, 0.6) is 0 Å². The minimum atomic E-state index is -0.499. The molecular formula is C25H20FN3OS2. The van der Waals surface area contributed by atoms with Crippen molar-refractivity contribution in [2.24, 2.45) is 0 Å². The van der Waals surface area contributed by atoms with Crippen LogP contribution in [0.25, 0.3) is 0 Å². The van der Waals surface area contributed by atoms with Gasteiger partial charge in [-0.2, -0.15) is 0 Å². The molecule has 0 atom stereocenters. The Hall–Kier alpha value is -3.16. The molecule has 0 unspecified atom stereocenters. The molecule has 32 heavy (non-hydrogen) atoms. The van der Waals surface area contributed by atoms with Gasteiger partial charge in [0, 0.05) is 16.8 Å². The van der Waals surface area contributed by atoms with E-state index in [9.17, 15) is 9.18 Å². The minimum Gasteiger partial charge on any atom is -0.318 e. The van der Waals surface area contributed by atoms with Crippen molar-refractivity contribution in [3.63, 3.8) is 0 Å². The fourth-order valence-corrected chi connectivity index (χ4v) is 4.71. The second-order valence-electron chi connectivity index (χ2n) is 6.93. The van der Waals surface area contributed by atoms with E-state index < -0.39 is 11.7 Å². The number of hydrogen-bond donors (Lipinski definition) is 1. The van der Waals surface area contributed by atoms with Gasteiger partial charge in [-0.1, -0.05) is 78.1 Å². The summed E-state index contributed by atoms with van der Waals surface area (Å²) in [6, 6.07) is 23.9. The molecule has 4 rings (SSSR count). The SMILES string of the molecule is Cc1ccccc1CSc1ncc(Sc2ccccc2)c(C(=O)Nc2ccccc2F)n1. The lowest BCUT2D eigenvalue weighted by Gasteiger charge is -2.11. The molecule has 160 valence electrons. The van der Waals surface area contributed by atoms with E-state index in [2.05, 4.69) is 34.3 Å². The Morgan fingerprint density at radius 3 is 2.47 bits per heavy atom. The molecule has 1 amide bonds. The highest BCUT2D eigenvalue weighted by Gasteiger charge is 2.18. The molecule has 0 saturated heterocycles. The summed E-state index contributed by atoms with van der Waals surface area (Å²) in [5, 5.41) is 3.13. The van der Waals surface area contributed by atoms with Crippen LogP contribution < -0.4 is 5.32 Å². The van der Waals surface area contributed by atoms with Crippen LogP contribution in [0.4, 0.5) is 10.1 Å². The summed E-state index contributed by atoms with van der Waals surface area (Å²) in [4.78, 5) is 23.6. The van der Waals surface area contributed by atoms with Gasteiger partial charge in [0.15, 0.2) is 5.16 Å². The van der Waals surface area contributed by atoms with E-state index >= 15 is 0 Å². The summed E-state index contributed by atoms with van der Waals surface area (Å²) >= 11 is 2.85. The molecule has 0 fully saturated rings. The molecule has 1 N–H and O–H groups in total. The fourth-order valence-electron chi connectivity index (χ4n) is 2.94. The second-order valence-corrected chi connectivity index (χ2v) is 8.99. The van der Waals surface area contributed by atoms with E-state index in [1.54, 1.807) is 18.3 Å². The van der Waals surface area contributed by atoms with Crippen LogP contribution in [0.1, 0.15) is 21.6 Å². The van der Waals surface area contributed by atoms with Gasteiger partial charge >= 0.3 is 0 Å². The number of carbonyl (C=O) groups excluding carboxylic acids is 1. The van der Waals surface area contributed by atoms with E-state index in [-0.39, 0.29) is 11.4 Å². The predicted molar refractivity (Wildman–Crippen MR) is 128 cm³/mol. The lowest BCUT2D eigenvalue weighted by molar-refractivity contribution is 0.101. The molecule has 0 aliphatic rings. The molecule has 0 spiro atoms. The van der Waals surface area contributed by atoms with Crippen LogP contribution in [0, 0.1) is 12.7 Å². The molecule has 0 bridgehead atoms. The molecule has 4 aromatic rings. The van der Waals surface area contributed by atoms with Crippen molar-refractivity contribution in [1.82, 2.24) is 9.97 Å². The van der Waals surface area contributed by atoms with Crippen LogP contribution in [0.15, 0.2) is 100 Å². The van der Waals surface area contributed by atoms with Gasteiger partial charge in [0.1, 0.15) is 11.5 Å². The maximum Gasteiger partial charge on any atom is 0.275 e. The fraction of sp³-hybridized carbons (Fsp3) is 0.0800. The van der Waals surface area contributed by atoms with Gasteiger partial charge in [-0.05, 0) is 42.3 Å². The third-order valence-electron chi connectivity index (χ3n) is 4.66. The van der Waals surface area contributed by atoms with E-state index in [4.69, 9.17) is 0 Å². The number of nitrogens with one attached hydrogen (secondary N) is 1. The van der Waals surface area contributed by atoms with Crippen molar-refractivity contribution >= 4 is 35.1 Å². The van der Waals surface area contributed by atoms with Gasteiger partial charge in [0.2, 0.25) is 0 Å². The number of nitrogens with zero attached hydrogens (tertiary/aromatic N) is 2. The van der Waals surface area contributed by atoms with E-state index in [1.807, 2.05) is 42.5 Å². The van der Waals surface area contributed by atoms with E-state index in [0.29, 0.717) is 15.8 Å². The number of thioether (sulfide) groups is 1. The van der Waals surface area contributed by atoms with Crippen LogP contribution in [0.2, 0.25) is 0 Å². The molecule has 7 heteroatoms. The van der Waals surface area contributed by atoms with Crippen LogP contribution in [-0.2, 0) is 5.75 Å². The van der Waals surface area contributed by atoms with Crippen LogP contribution in [-0.4, -0.2) is 15.9 Å². The predicted octanol–water partition coefficient (Wildman–Crippen LogP) is 6.62. The summed E-state index contributed by atoms with van der Waals surface area (Å²) < 4.78 is 14.1. The van der Waals surface area contributed by atoms with E-state index in [1.165, 1.54) is 46.8 Å². The summed E-state index contributed by atoms with van der Waals surface area (Å²) in [7, 11) is 0. The molecule has 0 saturated carbocycles. The quantitative estimate of drug-likeness (QED) is 0.248. The number of para-hydroxylation sites is 1. The highest BCUT2D eigenvalue weighted by atomic mass is 32.2. The Labute approximate surface area is 194 Å². The number of anilines is 1. The average molecular weight is 462 g/mol. The van der Waals surface area contributed by atoms with Gasteiger partial charge in [-0.3, -0.25) is 4.79 Å². The number of halogens is 1. The van der Waals surface area contributed by atoms with E-state index in [0.717, 1.165) is 4.90 Å². The van der Waals surface area contributed by atoms with Crippen molar-refractivity contribution in [3.8, 4) is 0 Å². The van der Waals surface area contributed by atoms with Crippen LogP contribution in [0.3, 0.4) is 0 Å². The normalized spacial score (nSPS) is 10.7. The van der Waals surface area contributed by atoms with Crippen molar-refractivity contribution < 1.29 is 9.18 Å². The number of carbonyl (C=O) groups is 1. The molecule has 0 aliphatic carbocycles. The highest BCUT2D eigenvalue weighted by molar-refractivity contribution is 7.99. The first-order chi connectivity index (χ1) is 15.6. The minimum absolute atomic E-state index is 0.112. The van der Waals surface area contributed by atoms with Crippen molar-refractivity contribution in [1.29, 1.82) is 0 Å². The first-order valence-corrected chi connectivity index (χ1v) is 11.7. The van der Waals surface area contributed by atoms with Gasteiger partial charge in [0.25, 0.3) is 5.91 Å². The highest BCUT2D eigenvalue weighted by Crippen LogP contribution is 2.31. The maximum absolute atomic E-state index is 14.1. The topological polar surface area (TPSA) is 54.9 Å². The zero-order valence-electron chi connectivity index (χ0n) is 17.3. The third-order valence-corrected chi connectivity index (χ3v) is 6.60. The zero-order chi connectivity index (χ0) is 22.3. The lowest BCUT2D eigenvalue weighted by Crippen LogP contribution is -2.16. The number of rotatable bonds is 7. The molecule has 1 aromatic heterocycles. The smallest absolute Gasteiger partial charge is 0.275 e. The molecule has 4 nitrogen and oxygen atoms in total. The lowest BCUT2D eigenvalue weighted by atomic mass is 10.1. The van der Waals surface area contributed by atoms with Crippen LogP contribution >= 0.6 is 23.5 Å².